The summed E-state index contributed by atoms with van der Waals surface area (Å²) < 4.78 is 11.2. The lowest BCUT2D eigenvalue weighted by Gasteiger charge is -2.36. The van der Waals surface area contributed by atoms with E-state index in [2.05, 4.69) is 32.1 Å². The van der Waals surface area contributed by atoms with Gasteiger partial charge in [0.1, 0.15) is 0 Å². The topological polar surface area (TPSA) is 71.4 Å². The minimum absolute atomic E-state index is 0.0695. The highest BCUT2D eigenvalue weighted by Crippen LogP contribution is 2.26. The standard InChI is InChI=1S/C19H22ClN5O2/c1-13-10-17(27-23-13)12-24-6-8-25(9-7-24)14(2)18-21-22-19(26-18)15-4-3-5-16(20)11-15/h3-5,10-11,14H,6-9,12H2,1-2H3. The molecule has 1 aliphatic heterocycles. The summed E-state index contributed by atoms with van der Waals surface area (Å²) in [5.41, 5.74) is 1.75. The fourth-order valence-corrected chi connectivity index (χ4v) is 3.51. The van der Waals surface area contributed by atoms with Crippen molar-refractivity contribution in [1.29, 1.82) is 0 Å². The van der Waals surface area contributed by atoms with Crippen molar-refractivity contribution < 1.29 is 8.94 Å². The molecule has 4 rings (SSSR count). The second kappa shape index (κ2) is 7.80. The van der Waals surface area contributed by atoms with E-state index in [1.165, 1.54) is 0 Å². The summed E-state index contributed by atoms with van der Waals surface area (Å²) in [5.74, 6) is 2.04. The molecule has 142 valence electrons. The minimum Gasteiger partial charge on any atom is -0.419 e. The molecule has 0 aliphatic carbocycles. The average Bonchev–Trinajstić information content (AvgIpc) is 3.31. The Labute approximate surface area is 162 Å². The van der Waals surface area contributed by atoms with Gasteiger partial charge in [0.25, 0.3) is 0 Å². The van der Waals surface area contributed by atoms with E-state index in [9.17, 15) is 0 Å². The molecule has 7 nitrogen and oxygen atoms in total. The Kier molecular flexibility index (Phi) is 5.24. The molecule has 0 spiro atoms. The molecule has 0 bridgehead atoms. The maximum atomic E-state index is 6.05. The summed E-state index contributed by atoms with van der Waals surface area (Å²) in [5, 5.41) is 13.0. The first kappa shape index (κ1) is 18.2. The van der Waals surface area contributed by atoms with Gasteiger partial charge in [-0.2, -0.15) is 0 Å². The molecule has 3 heterocycles. The third kappa shape index (κ3) is 4.21. The van der Waals surface area contributed by atoms with Gasteiger partial charge in [-0.3, -0.25) is 9.80 Å². The lowest BCUT2D eigenvalue weighted by molar-refractivity contribution is 0.0823. The fourth-order valence-electron chi connectivity index (χ4n) is 3.32. The minimum atomic E-state index is 0.0695. The second-order valence-corrected chi connectivity index (χ2v) is 7.31. The number of benzene rings is 1. The van der Waals surface area contributed by atoms with Crippen molar-refractivity contribution in [3.8, 4) is 11.5 Å². The molecule has 0 saturated carbocycles. The monoisotopic (exact) mass is 387 g/mol. The van der Waals surface area contributed by atoms with Crippen LogP contribution in [0.5, 0.6) is 0 Å². The van der Waals surface area contributed by atoms with Gasteiger partial charge in [0.05, 0.1) is 18.3 Å². The first-order valence-electron chi connectivity index (χ1n) is 9.06. The molecule has 2 aromatic heterocycles. The Bertz CT molecular complexity index is 901. The number of hydrogen-bond acceptors (Lipinski definition) is 7. The van der Waals surface area contributed by atoms with Crippen LogP contribution in [0.1, 0.15) is 30.3 Å². The van der Waals surface area contributed by atoms with E-state index in [0.29, 0.717) is 16.8 Å². The van der Waals surface area contributed by atoms with Crippen molar-refractivity contribution in [2.24, 2.45) is 0 Å². The molecule has 0 N–H and O–H groups in total. The van der Waals surface area contributed by atoms with Crippen LogP contribution in [0.25, 0.3) is 11.5 Å². The summed E-state index contributed by atoms with van der Waals surface area (Å²) in [7, 11) is 0. The Morgan fingerprint density at radius 2 is 1.96 bits per heavy atom. The normalized spacial score (nSPS) is 17.3. The first-order chi connectivity index (χ1) is 13.1. The van der Waals surface area contributed by atoms with E-state index in [1.807, 2.05) is 37.3 Å². The third-order valence-corrected chi connectivity index (χ3v) is 5.12. The Hall–Kier alpha value is -2.22. The van der Waals surface area contributed by atoms with Crippen molar-refractivity contribution >= 4 is 11.6 Å². The average molecular weight is 388 g/mol. The van der Waals surface area contributed by atoms with Crippen molar-refractivity contribution in [2.75, 3.05) is 26.2 Å². The van der Waals surface area contributed by atoms with Gasteiger partial charge < -0.3 is 8.94 Å². The maximum absolute atomic E-state index is 6.05. The molecule has 0 amide bonds. The van der Waals surface area contributed by atoms with E-state index in [1.54, 1.807) is 0 Å². The van der Waals surface area contributed by atoms with Gasteiger partial charge >= 0.3 is 0 Å². The molecule has 1 atom stereocenters. The van der Waals surface area contributed by atoms with Crippen LogP contribution < -0.4 is 0 Å². The summed E-state index contributed by atoms with van der Waals surface area (Å²) in [6, 6.07) is 9.50. The molecule has 8 heteroatoms. The lowest BCUT2D eigenvalue weighted by Crippen LogP contribution is -2.46. The van der Waals surface area contributed by atoms with E-state index in [4.69, 9.17) is 20.5 Å². The second-order valence-electron chi connectivity index (χ2n) is 6.88. The number of rotatable bonds is 5. The molecule has 1 aromatic carbocycles. The van der Waals surface area contributed by atoms with Crippen LogP contribution in [0.2, 0.25) is 5.02 Å². The number of aryl methyl sites for hydroxylation is 1. The van der Waals surface area contributed by atoms with Crippen LogP contribution in [0.15, 0.2) is 39.3 Å². The predicted octanol–water partition coefficient (Wildman–Crippen LogP) is 3.57. The van der Waals surface area contributed by atoms with E-state index in [-0.39, 0.29) is 6.04 Å². The first-order valence-corrected chi connectivity index (χ1v) is 9.44. The molecule has 1 saturated heterocycles. The van der Waals surface area contributed by atoms with Crippen LogP contribution in [0, 0.1) is 6.92 Å². The van der Waals surface area contributed by atoms with Gasteiger partial charge in [0.2, 0.25) is 11.8 Å². The zero-order chi connectivity index (χ0) is 18.8. The smallest absolute Gasteiger partial charge is 0.247 e. The van der Waals surface area contributed by atoms with Crippen LogP contribution in [0.3, 0.4) is 0 Å². The lowest BCUT2D eigenvalue weighted by atomic mass is 10.2. The van der Waals surface area contributed by atoms with Gasteiger partial charge in [0.15, 0.2) is 5.76 Å². The third-order valence-electron chi connectivity index (χ3n) is 4.88. The van der Waals surface area contributed by atoms with Crippen molar-refractivity contribution in [3.63, 3.8) is 0 Å². The van der Waals surface area contributed by atoms with Gasteiger partial charge in [0, 0.05) is 42.8 Å². The Balaban J connectivity index is 1.36. The molecule has 1 fully saturated rings. The Morgan fingerprint density at radius 3 is 2.67 bits per heavy atom. The quantitative estimate of drug-likeness (QED) is 0.662. The SMILES string of the molecule is Cc1cc(CN2CCN(C(C)c3nnc(-c4cccc(Cl)c4)o3)CC2)on1. The van der Waals surface area contributed by atoms with Crippen LogP contribution >= 0.6 is 11.6 Å². The highest BCUT2D eigenvalue weighted by molar-refractivity contribution is 6.30. The molecule has 3 aromatic rings. The number of aromatic nitrogens is 3. The van der Waals surface area contributed by atoms with Gasteiger partial charge in [-0.1, -0.05) is 22.8 Å². The zero-order valence-electron chi connectivity index (χ0n) is 15.4. The summed E-state index contributed by atoms with van der Waals surface area (Å²) in [6.45, 7) is 8.62. The molecular weight excluding hydrogens is 366 g/mol. The van der Waals surface area contributed by atoms with Crippen LogP contribution in [-0.4, -0.2) is 51.3 Å². The predicted molar refractivity (Wildman–Crippen MR) is 101 cm³/mol. The largest absolute Gasteiger partial charge is 0.419 e. The van der Waals surface area contributed by atoms with Crippen molar-refractivity contribution in [1.82, 2.24) is 25.2 Å². The van der Waals surface area contributed by atoms with E-state index in [0.717, 1.165) is 49.7 Å². The van der Waals surface area contributed by atoms with Crippen molar-refractivity contribution in [2.45, 2.75) is 26.4 Å². The molecule has 1 aliphatic rings. The van der Waals surface area contributed by atoms with E-state index >= 15 is 0 Å². The fraction of sp³-hybridized carbons (Fsp3) is 0.421. The number of piperazine rings is 1. The van der Waals surface area contributed by atoms with Crippen LogP contribution in [-0.2, 0) is 6.54 Å². The Morgan fingerprint density at radius 1 is 1.15 bits per heavy atom. The summed E-state index contributed by atoms with van der Waals surface area (Å²) >= 11 is 6.05. The van der Waals surface area contributed by atoms with Gasteiger partial charge in [-0.15, -0.1) is 10.2 Å². The van der Waals surface area contributed by atoms with Gasteiger partial charge in [-0.25, -0.2) is 0 Å². The molecule has 1 unspecified atom stereocenters. The highest BCUT2D eigenvalue weighted by Gasteiger charge is 2.26. The van der Waals surface area contributed by atoms with E-state index < -0.39 is 0 Å². The van der Waals surface area contributed by atoms with Crippen molar-refractivity contribution in [3.05, 3.63) is 52.7 Å². The summed E-state index contributed by atoms with van der Waals surface area (Å²) in [4.78, 5) is 4.73. The number of halogens is 1. The van der Waals surface area contributed by atoms with Crippen LogP contribution in [0.4, 0.5) is 0 Å². The molecular formula is C19H22ClN5O2. The maximum Gasteiger partial charge on any atom is 0.247 e. The highest BCUT2D eigenvalue weighted by atomic mass is 35.5. The zero-order valence-corrected chi connectivity index (χ0v) is 16.2. The number of hydrogen-bond donors (Lipinski definition) is 0. The summed E-state index contributed by atoms with van der Waals surface area (Å²) in [6.07, 6.45) is 0. The number of nitrogens with zero attached hydrogens (tertiary/aromatic N) is 5. The molecule has 0 radical (unpaired) electrons. The van der Waals surface area contributed by atoms with Gasteiger partial charge in [-0.05, 0) is 32.0 Å². The molecule has 27 heavy (non-hydrogen) atoms.